The molecule has 4 nitrogen and oxygen atoms in total. The lowest BCUT2D eigenvalue weighted by Gasteiger charge is -2.36. The summed E-state index contributed by atoms with van der Waals surface area (Å²) in [6.45, 7) is 6.46. The zero-order valence-corrected chi connectivity index (χ0v) is 10.0. The average Bonchev–Trinajstić information content (AvgIpc) is 2.83. The van der Waals surface area contributed by atoms with Gasteiger partial charge in [0.1, 0.15) is 0 Å². The van der Waals surface area contributed by atoms with Crippen molar-refractivity contribution in [2.24, 2.45) is 17.1 Å². The molecule has 0 aromatic carbocycles. The van der Waals surface area contributed by atoms with Crippen LogP contribution in [0.5, 0.6) is 0 Å². The van der Waals surface area contributed by atoms with Crippen molar-refractivity contribution in [1.29, 1.82) is 0 Å². The highest BCUT2D eigenvalue weighted by Crippen LogP contribution is 2.28. The highest BCUT2D eigenvalue weighted by atomic mass is 16.5. The van der Waals surface area contributed by atoms with Gasteiger partial charge in [0, 0.05) is 32.9 Å². The van der Waals surface area contributed by atoms with Crippen LogP contribution in [0.1, 0.15) is 19.3 Å². The number of hydrogen-bond donors (Lipinski definition) is 2. The molecule has 2 saturated heterocycles. The second-order valence-electron chi connectivity index (χ2n) is 5.18. The summed E-state index contributed by atoms with van der Waals surface area (Å²) in [6, 6.07) is 0. The molecule has 2 aliphatic rings. The molecule has 0 aromatic rings. The molecule has 0 radical (unpaired) electrons. The van der Waals surface area contributed by atoms with Gasteiger partial charge >= 0.3 is 0 Å². The molecule has 0 spiro atoms. The lowest BCUT2D eigenvalue weighted by atomic mass is 9.80. The fourth-order valence-electron chi connectivity index (χ4n) is 2.54. The van der Waals surface area contributed by atoms with Crippen molar-refractivity contribution < 1.29 is 9.47 Å². The van der Waals surface area contributed by atoms with Crippen molar-refractivity contribution in [3.05, 3.63) is 0 Å². The Morgan fingerprint density at radius 2 is 2.00 bits per heavy atom. The fourth-order valence-corrected chi connectivity index (χ4v) is 2.54. The molecular formula is C12H24N2O2. The summed E-state index contributed by atoms with van der Waals surface area (Å²) in [4.78, 5) is 0. The zero-order valence-electron chi connectivity index (χ0n) is 10.0. The minimum Gasteiger partial charge on any atom is -0.381 e. The van der Waals surface area contributed by atoms with Crippen LogP contribution in [-0.2, 0) is 9.47 Å². The second kappa shape index (κ2) is 5.96. The summed E-state index contributed by atoms with van der Waals surface area (Å²) in [5.41, 5.74) is 6.19. The zero-order chi connectivity index (χ0) is 11.3. The Bertz CT molecular complexity index is 199. The van der Waals surface area contributed by atoms with Gasteiger partial charge in [-0.05, 0) is 37.1 Å². The minimum absolute atomic E-state index is 0.276. The average molecular weight is 228 g/mol. The normalized spacial score (nSPS) is 29.4. The third-order valence-corrected chi connectivity index (χ3v) is 3.94. The first-order chi connectivity index (χ1) is 7.85. The van der Waals surface area contributed by atoms with Gasteiger partial charge in [0.05, 0.1) is 6.61 Å². The molecule has 0 saturated carbocycles. The van der Waals surface area contributed by atoms with Gasteiger partial charge in [0.2, 0.25) is 0 Å². The Labute approximate surface area is 97.9 Å². The first kappa shape index (κ1) is 12.3. The van der Waals surface area contributed by atoms with Gasteiger partial charge in [-0.25, -0.2) is 0 Å². The van der Waals surface area contributed by atoms with E-state index in [1.165, 1.54) is 6.42 Å². The number of nitrogens with two attached hydrogens (primary N) is 1. The Hall–Kier alpha value is -0.160. The molecule has 94 valence electrons. The molecule has 2 aliphatic heterocycles. The maximum absolute atomic E-state index is 5.91. The lowest BCUT2D eigenvalue weighted by molar-refractivity contribution is 0.0188. The van der Waals surface area contributed by atoms with Crippen LogP contribution in [0.2, 0.25) is 0 Å². The number of hydrogen-bond acceptors (Lipinski definition) is 4. The summed E-state index contributed by atoms with van der Waals surface area (Å²) in [6.07, 6.45) is 3.39. The van der Waals surface area contributed by atoms with Crippen molar-refractivity contribution in [3.63, 3.8) is 0 Å². The van der Waals surface area contributed by atoms with Gasteiger partial charge in [0.25, 0.3) is 0 Å². The Morgan fingerprint density at radius 3 is 2.62 bits per heavy atom. The van der Waals surface area contributed by atoms with Crippen LogP contribution in [0.25, 0.3) is 0 Å². The van der Waals surface area contributed by atoms with E-state index >= 15 is 0 Å². The molecule has 2 fully saturated rings. The maximum Gasteiger partial charge on any atom is 0.0507 e. The van der Waals surface area contributed by atoms with E-state index in [1.807, 2.05) is 0 Å². The maximum atomic E-state index is 5.91. The number of nitrogens with one attached hydrogen (secondary N) is 1. The summed E-state index contributed by atoms with van der Waals surface area (Å²) in [7, 11) is 0. The SMILES string of the molecule is NCC1(CNCC2CCOC2)CCOCC1. The molecule has 0 aromatic heterocycles. The molecule has 0 bridgehead atoms. The summed E-state index contributed by atoms with van der Waals surface area (Å²) in [5.74, 6) is 0.703. The predicted molar refractivity (Wildman–Crippen MR) is 63.3 cm³/mol. The van der Waals surface area contributed by atoms with Crippen LogP contribution in [0.4, 0.5) is 0 Å². The summed E-state index contributed by atoms with van der Waals surface area (Å²) < 4.78 is 10.8. The van der Waals surface area contributed by atoms with Gasteiger partial charge in [-0.1, -0.05) is 0 Å². The molecule has 1 unspecified atom stereocenters. The van der Waals surface area contributed by atoms with Gasteiger partial charge in [-0.2, -0.15) is 0 Å². The molecule has 0 aliphatic carbocycles. The van der Waals surface area contributed by atoms with E-state index in [4.69, 9.17) is 15.2 Å². The van der Waals surface area contributed by atoms with Crippen LogP contribution in [0.15, 0.2) is 0 Å². The topological polar surface area (TPSA) is 56.5 Å². The first-order valence-electron chi connectivity index (χ1n) is 6.41. The third kappa shape index (κ3) is 3.17. The van der Waals surface area contributed by atoms with Gasteiger partial charge < -0.3 is 20.5 Å². The Morgan fingerprint density at radius 1 is 1.19 bits per heavy atom. The quantitative estimate of drug-likeness (QED) is 0.714. The van der Waals surface area contributed by atoms with Crippen LogP contribution >= 0.6 is 0 Å². The molecular weight excluding hydrogens is 204 g/mol. The minimum atomic E-state index is 0.276. The van der Waals surface area contributed by atoms with Crippen LogP contribution in [0.3, 0.4) is 0 Å². The molecule has 3 N–H and O–H groups in total. The standard InChI is InChI=1S/C12H24N2O2/c13-9-12(2-5-15-6-3-12)10-14-7-11-1-4-16-8-11/h11,14H,1-10,13H2. The van der Waals surface area contributed by atoms with E-state index in [-0.39, 0.29) is 5.41 Å². The molecule has 0 amide bonds. The Balaban J connectivity index is 1.69. The van der Waals surface area contributed by atoms with Crippen LogP contribution in [-0.4, -0.2) is 46.1 Å². The van der Waals surface area contributed by atoms with Crippen molar-refractivity contribution in [3.8, 4) is 0 Å². The van der Waals surface area contributed by atoms with E-state index in [1.54, 1.807) is 0 Å². The molecule has 16 heavy (non-hydrogen) atoms. The van der Waals surface area contributed by atoms with Gasteiger partial charge in [0.15, 0.2) is 0 Å². The monoisotopic (exact) mass is 228 g/mol. The van der Waals surface area contributed by atoms with Crippen LogP contribution < -0.4 is 11.1 Å². The Kier molecular flexibility index (Phi) is 4.58. The fraction of sp³-hybridized carbons (Fsp3) is 1.00. The number of rotatable bonds is 5. The molecule has 2 rings (SSSR count). The van der Waals surface area contributed by atoms with Crippen molar-refractivity contribution in [2.45, 2.75) is 19.3 Å². The predicted octanol–water partition coefficient (Wildman–Crippen LogP) is 0.368. The largest absolute Gasteiger partial charge is 0.381 e. The number of ether oxygens (including phenoxy) is 2. The van der Waals surface area contributed by atoms with Crippen LogP contribution in [0, 0.1) is 11.3 Å². The van der Waals surface area contributed by atoms with Crippen molar-refractivity contribution >= 4 is 0 Å². The van der Waals surface area contributed by atoms with E-state index in [0.29, 0.717) is 5.92 Å². The second-order valence-corrected chi connectivity index (χ2v) is 5.18. The smallest absolute Gasteiger partial charge is 0.0507 e. The highest BCUT2D eigenvalue weighted by Gasteiger charge is 2.31. The molecule has 1 atom stereocenters. The van der Waals surface area contributed by atoms with E-state index in [9.17, 15) is 0 Å². The molecule has 4 heteroatoms. The van der Waals surface area contributed by atoms with Crippen molar-refractivity contribution in [1.82, 2.24) is 5.32 Å². The van der Waals surface area contributed by atoms with E-state index in [0.717, 1.165) is 58.9 Å². The highest BCUT2D eigenvalue weighted by molar-refractivity contribution is 4.85. The van der Waals surface area contributed by atoms with Gasteiger partial charge in [-0.3, -0.25) is 0 Å². The van der Waals surface area contributed by atoms with Gasteiger partial charge in [-0.15, -0.1) is 0 Å². The third-order valence-electron chi connectivity index (χ3n) is 3.94. The van der Waals surface area contributed by atoms with E-state index in [2.05, 4.69) is 5.32 Å². The summed E-state index contributed by atoms with van der Waals surface area (Å²) >= 11 is 0. The van der Waals surface area contributed by atoms with E-state index < -0.39 is 0 Å². The first-order valence-corrected chi connectivity index (χ1v) is 6.41. The summed E-state index contributed by atoms with van der Waals surface area (Å²) in [5, 5.41) is 3.57. The molecule has 2 heterocycles. The lowest BCUT2D eigenvalue weighted by Crippen LogP contribution is -2.45. The van der Waals surface area contributed by atoms with Crippen molar-refractivity contribution in [2.75, 3.05) is 46.1 Å².